The number of methoxy groups -OCH3 is 1. The van der Waals surface area contributed by atoms with Crippen molar-refractivity contribution in [3.05, 3.63) is 53.7 Å². The van der Waals surface area contributed by atoms with Gasteiger partial charge in [-0.3, -0.25) is 4.79 Å². The lowest BCUT2D eigenvalue weighted by Crippen LogP contribution is -2.12. The Kier molecular flexibility index (Phi) is 3.74. The second kappa shape index (κ2) is 5.65. The zero-order valence-corrected chi connectivity index (χ0v) is 10.3. The summed E-state index contributed by atoms with van der Waals surface area (Å²) in [6, 6.07) is 11.9. The lowest BCUT2D eigenvalue weighted by Gasteiger charge is -2.05. The van der Waals surface area contributed by atoms with Crippen LogP contribution < -0.4 is 10.1 Å². The van der Waals surface area contributed by atoms with E-state index in [4.69, 9.17) is 10.00 Å². The third-order valence-electron chi connectivity index (χ3n) is 2.49. The maximum atomic E-state index is 11.9. The number of hydrogen-bond donors (Lipinski definition) is 1. The van der Waals surface area contributed by atoms with E-state index in [1.165, 1.54) is 6.20 Å². The molecule has 1 heterocycles. The Morgan fingerprint density at radius 1 is 1.26 bits per heavy atom. The van der Waals surface area contributed by atoms with Crippen LogP contribution in [0.4, 0.5) is 5.82 Å². The molecule has 1 aromatic carbocycles. The van der Waals surface area contributed by atoms with Crippen LogP contribution in [0.1, 0.15) is 15.9 Å². The zero-order valence-electron chi connectivity index (χ0n) is 10.3. The number of carbonyl (C=O) groups is 1. The number of hydrogen-bond acceptors (Lipinski definition) is 4. The van der Waals surface area contributed by atoms with Crippen molar-refractivity contribution in [2.24, 2.45) is 0 Å². The van der Waals surface area contributed by atoms with E-state index in [0.717, 1.165) is 0 Å². The fraction of sp³-hybridized carbons (Fsp3) is 0.0714. The molecule has 1 aromatic heterocycles. The first-order chi connectivity index (χ1) is 9.22. The molecule has 0 atom stereocenters. The van der Waals surface area contributed by atoms with Crippen molar-refractivity contribution < 1.29 is 9.53 Å². The SMILES string of the molecule is COc1ccc(C(=O)Nc2ccc(C#N)cn2)cc1. The van der Waals surface area contributed by atoms with Gasteiger partial charge in [-0.1, -0.05) is 0 Å². The number of nitrogens with one attached hydrogen (secondary N) is 1. The molecule has 94 valence electrons. The van der Waals surface area contributed by atoms with Crippen LogP contribution in [0, 0.1) is 11.3 Å². The van der Waals surface area contributed by atoms with Crippen molar-refractivity contribution in [1.29, 1.82) is 5.26 Å². The molecule has 0 unspecified atom stereocenters. The van der Waals surface area contributed by atoms with E-state index >= 15 is 0 Å². The van der Waals surface area contributed by atoms with E-state index in [-0.39, 0.29) is 5.91 Å². The van der Waals surface area contributed by atoms with Gasteiger partial charge in [-0.05, 0) is 36.4 Å². The Hall–Kier alpha value is -2.87. The van der Waals surface area contributed by atoms with Gasteiger partial charge in [0.1, 0.15) is 17.6 Å². The third kappa shape index (κ3) is 3.07. The van der Waals surface area contributed by atoms with Gasteiger partial charge in [0, 0.05) is 11.8 Å². The topological polar surface area (TPSA) is 75.0 Å². The van der Waals surface area contributed by atoms with Gasteiger partial charge in [-0.25, -0.2) is 4.98 Å². The average molecular weight is 253 g/mol. The molecule has 0 radical (unpaired) electrons. The first kappa shape index (κ1) is 12.6. The van der Waals surface area contributed by atoms with Crippen LogP contribution in [0.5, 0.6) is 5.75 Å². The molecule has 1 N–H and O–H groups in total. The molecule has 1 amide bonds. The summed E-state index contributed by atoms with van der Waals surface area (Å²) in [5.74, 6) is 0.827. The summed E-state index contributed by atoms with van der Waals surface area (Å²) in [4.78, 5) is 15.9. The second-order valence-electron chi connectivity index (χ2n) is 3.73. The molecule has 2 rings (SSSR count). The molecule has 0 saturated heterocycles. The van der Waals surface area contributed by atoms with Crippen molar-refractivity contribution in [3.8, 4) is 11.8 Å². The minimum Gasteiger partial charge on any atom is -0.497 e. The van der Waals surface area contributed by atoms with Crippen LogP contribution in [0.25, 0.3) is 0 Å². The molecule has 0 aliphatic carbocycles. The molecule has 0 bridgehead atoms. The number of pyridine rings is 1. The molecule has 5 heteroatoms. The van der Waals surface area contributed by atoms with E-state index in [0.29, 0.717) is 22.7 Å². The highest BCUT2D eigenvalue weighted by molar-refractivity contribution is 6.03. The summed E-state index contributed by atoms with van der Waals surface area (Å²) >= 11 is 0. The Bertz CT molecular complexity index is 613. The Balaban J connectivity index is 2.09. The summed E-state index contributed by atoms with van der Waals surface area (Å²) in [6.07, 6.45) is 1.41. The lowest BCUT2D eigenvalue weighted by molar-refractivity contribution is 0.102. The zero-order chi connectivity index (χ0) is 13.7. The number of ether oxygens (including phenoxy) is 1. The quantitative estimate of drug-likeness (QED) is 0.910. The third-order valence-corrected chi connectivity index (χ3v) is 2.49. The van der Waals surface area contributed by atoms with Gasteiger partial charge < -0.3 is 10.1 Å². The number of nitriles is 1. The maximum absolute atomic E-state index is 11.9. The van der Waals surface area contributed by atoms with Gasteiger partial charge in [0.25, 0.3) is 5.91 Å². The highest BCUT2D eigenvalue weighted by Crippen LogP contribution is 2.13. The molecule has 0 fully saturated rings. The summed E-state index contributed by atoms with van der Waals surface area (Å²) in [5, 5.41) is 11.3. The first-order valence-corrected chi connectivity index (χ1v) is 5.54. The summed E-state index contributed by atoms with van der Waals surface area (Å²) in [6.45, 7) is 0. The standard InChI is InChI=1S/C14H11N3O2/c1-19-12-5-3-11(4-6-12)14(18)17-13-7-2-10(8-15)9-16-13/h2-7,9H,1H3,(H,16,17,18). The molecule has 0 aliphatic heterocycles. The van der Waals surface area contributed by atoms with Gasteiger partial charge in [0.05, 0.1) is 12.7 Å². The molecular formula is C14H11N3O2. The van der Waals surface area contributed by atoms with Crippen LogP contribution in [-0.2, 0) is 0 Å². The first-order valence-electron chi connectivity index (χ1n) is 5.54. The van der Waals surface area contributed by atoms with Crippen molar-refractivity contribution in [1.82, 2.24) is 4.98 Å². The van der Waals surface area contributed by atoms with E-state index in [2.05, 4.69) is 10.3 Å². The summed E-state index contributed by atoms with van der Waals surface area (Å²) in [7, 11) is 1.57. The largest absolute Gasteiger partial charge is 0.497 e. The van der Waals surface area contributed by atoms with Crippen molar-refractivity contribution in [3.63, 3.8) is 0 Å². The highest BCUT2D eigenvalue weighted by atomic mass is 16.5. The molecule has 0 saturated carbocycles. The van der Waals surface area contributed by atoms with E-state index < -0.39 is 0 Å². The minimum absolute atomic E-state index is 0.264. The molecule has 0 spiro atoms. The monoisotopic (exact) mass is 253 g/mol. The van der Waals surface area contributed by atoms with Crippen LogP contribution in [0.2, 0.25) is 0 Å². The van der Waals surface area contributed by atoms with Crippen molar-refractivity contribution in [2.45, 2.75) is 0 Å². The number of aromatic nitrogens is 1. The number of rotatable bonds is 3. The number of amides is 1. The van der Waals surface area contributed by atoms with Gasteiger partial charge in [0.2, 0.25) is 0 Å². The number of benzene rings is 1. The number of anilines is 1. The number of nitrogens with zero attached hydrogens (tertiary/aromatic N) is 2. The van der Waals surface area contributed by atoms with Crippen LogP contribution >= 0.6 is 0 Å². The molecule has 2 aromatic rings. The van der Waals surface area contributed by atoms with Gasteiger partial charge in [-0.2, -0.15) is 5.26 Å². The molecule has 0 aliphatic rings. The van der Waals surface area contributed by atoms with Crippen molar-refractivity contribution in [2.75, 3.05) is 12.4 Å². The predicted molar refractivity (Wildman–Crippen MR) is 69.9 cm³/mol. The normalized spacial score (nSPS) is 9.47. The summed E-state index contributed by atoms with van der Waals surface area (Å²) < 4.78 is 5.02. The van der Waals surface area contributed by atoms with E-state index in [1.54, 1.807) is 43.5 Å². The fourth-order valence-electron chi connectivity index (χ4n) is 1.46. The molecule has 19 heavy (non-hydrogen) atoms. The average Bonchev–Trinajstić information content (AvgIpc) is 2.48. The van der Waals surface area contributed by atoms with Crippen LogP contribution in [-0.4, -0.2) is 18.0 Å². The smallest absolute Gasteiger partial charge is 0.256 e. The summed E-state index contributed by atoms with van der Waals surface area (Å²) in [5.41, 5.74) is 0.953. The van der Waals surface area contributed by atoms with Crippen LogP contribution in [0.15, 0.2) is 42.6 Å². The Morgan fingerprint density at radius 3 is 2.53 bits per heavy atom. The van der Waals surface area contributed by atoms with Crippen LogP contribution in [0.3, 0.4) is 0 Å². The molecular weight excluding hydrogens is 242 g/mol. The van der Waals surface area contributed by atoms with Gasteiger partial charge in [0.15, 0.2) is 0 Å². The van der Waals surface area contributed by atoms with Crippen molar-refractivity contribution >= 4 is 11.7 Å². The minimum atomic E-state index is -0.264. The van der Waals surface area contributed by atoms with Gasteiger partial charge >= 0.3 is 0 Å². The van der Waals surface area contributed by atoms with Gasteiger partial charge in [-0.15, -0.1) is 0 Å². The number of carbonyl (C=O) groups excluding carboxylic acids is 1. The van der Waals surface area contributed by atoms with E-state index in [1.807, 2.05) is 6.07 Å². The fourth-order valence-corrected chi connectivity index (χ4v) is 1.46. The maximum Gasteiger partial charge on any atom is 0.256 e. The molecule has 5 nitrogen and oxygen atoms in total. The predicted octanol–water partition coefficient (Wildman–Crippen LogP) is 2.21. The van der Waals surface area contributed by atoms with E-state index in [9.17, 15) is 4.79 Å². The highest BCUT2D eigenvalue weighted by Gasteiger charge is 2.06. The Morgan fingerprint density at radius 2 is 2.00 bits per heavy atom. The lowest BCUT2D eigenvalue weighted by atomic mass is 10.2. The second-order valence-corrected chi connectivity index (χ2v) is 3.73. The Labute approximate surface area is 110 Å².